The van der Waals surface area contributed by atoms with E-state index in [1.807, 2.05) is 29.5 Å². The second-order valence-electron chi connectivity index (χ2n) is 35.7. The van der Waals surface area contributed by atoms with E-state index in [9.17, 15) is 0 Å². The number of rotatable bonds is 10. The average Bonchev–Trinajstić information content (AvgIpc) is 1.51. The fourth-order valence-electron chi connectivity index (χ4n) is 21.8. The highest BCUT2D eigenvalue weighted by Crippen LogP contribution is 2.50. The molecule has 0 saturated carbocycles. The summed E-state index contributed by atoms with van der Waals surface area (Å²) in [5.41, 5.74) is 24.7. The molecule has 0 bridgehead atoms. The third-order valence-corrected chi connectivity index (χ3v) is 32.1. The van der Waals surface area contributed by atoms with Crippen molar-refractivity contribution in [2.75, 3.05) is 0 Å². The summed E-state index contributed by atoms with van der Waals surface area (Å²) in [4.78, 5) is 34.4. The highest BCUT2D eigenvalue weighted by Gasteiger charge is 2.28. The van der Waals surface area contributed by atoms with Crippen molar-refractivity contribution in [3.8, 4) is 90.7 Å². The molecule has 12 aromatic heterocycles. The lowest BCUT2D eigenvalue weighted by Gasteiger charge is -2.11. The summed E-state index contributed by atoms with van der Waals surface area (Å²) in [5, 5.41) is 21.9. The molecular formula is C126H74N10OS4. The standard InChI is InChI=1S/C46H28N4S.C40H23N3OS.C40H23N3S2/c1-3-14-29(15-4-1)44-43-35-22-9-12-25-40(35)51-46(43)48-45(47-44)30-16-13-19-32(28-30)50-37-24-11-8-21-34(37)42-39(50)27-26-38-41(42)33-20-7-10-23-36(33)49(38)31-17-5-2-6-18-31;1-2-11-24(12-3-1)38-37-29-17-6-9-20-34(29)45-40(37)42-39(41-38)25-13-10-14-26(23-25)43-30-18-7-4-15-27(30)35-31(43)21-22-33-36(35)28-16-5-8-19-32(28)44-33;1-2-11-24(12-3-1)38-37-29-17-6-9-20-33(29)45-40(37)42-39(41-38)25-13-10-14-26(23-25)43-30-18-7-4-15-27(30)35-31(43)21-22-34-36(35)28-16-5-8-19-32(28)44-34/h1-28H;2*1-23H. The number of fused-ring (bicyclic) bond motifs is 30. The van der Waals surface area contributed by atoms with Crippen LogP contribution >= 0.6 is 45.3 Å². The van der Waals surface area contributed by atoms with E-state index in [4.69, 9.17) is 34.3 Å². The first-order valence-corrected chi connectivity index (χ1v) is 50.5. The lowest BCUT2D eigenvalue weighted by Crippen LogP contribution is -1.97. The highest BCUT2D eigenvalue weighted by molar-refractivity contribution is 7.27. The molecule has 0 aliphatic rings. The van der Waals surface area contributed by atoms with Crippen molar-refractivity contribution in [2.24, 2.45) is 0 Å². The van der Waals surface area contributed by atoms with E-state index >= 15 is 0 Å². The van der Waals surface area contributed by atoms with Gasteiger partial charge in [0, 0.05) is 177 Å². The number of nitrogens with zero attached hydrogens (tertiary/aromatic N) is 10. The van der Waals surface area contributed by atoms with E-state index in [-0.39, 0.29) is 0 Å². The summed E-state index contributed by atoms with van der Waals surface area (Å²) in [6, 6.07) is 159. The van der Waals surface area contributed by atoms with Crippen LogP contribution in [0.15, 0.2) is 453 Å². The van der Waals surface area contributed by atoms with Gasteiger partial charge in [-0.15, -0.1) is 45.3 Å². The molecule has 31 aromatic rings. The second kappa shape index (κ2) is 32.5. The first-order valence-electron chi connectivity index (χ1n) is 47.2. The van der Waals surface area contributed by atoms with Crippen LogP contribution in [0.1, 0.15) is 0 Å². The molecule has 658 valence electrons. The fraction of sp³-hybridized carbons (Fsp3) is 0. The maximum atomic E-state index is 6.28. The highest BCUT2D eigenvalue weighted by atomic mass is 32.1. The molecule has 0 radical (unpaired) electrons. The van der Waals surface area contributed by atoms with Crippen LogP contribution in [0.4, 0.5) is 0 Å². The van der Waals surface area contributed by atoms with Crippen LogP contribution in [0.3, 0.4) is 0 Å². The Morgan fingerprint density at radius 1 is 0.163 bits per heavy atom. The van der Waals surface area contributed by atoms with E-state index in [1.165, 1.54) is 127 Å². The van der Waals surface area contributed by atoms with Gasteiger partial charge in [0.05, 0.1) is 61.2 Å². The molecule has 0 aliphatic carbocycles. The minimum Gasteiger partial charge on any atom is -0.456 e. The largest absolute Gasteiger partial charge is 0.456 e. The number of hydrogen-bond acceptors (Lipinski definition) is 11. The molecule has 0 saturated heterocycles. The summed E-state index contributed by atoms with van der Waals surface area (Å²) < 4.78 is 22.1. The van der Waals surface area contributed by atoms with Crippen LogP contribution in [0.5, 0.6) is 0 Å². The van der Waals surface area contributed by atoms with Crippen molar-refractivity contribution in [1.82, 2.24) is 48.2 Å². The van der Waals surface area contributed by atoms with Gasteiger partial charge < -0.3 is 22.7 Å². The maximum Gasteiger partial charge on any atom is 0.161 e. The Labute approximate surface area is 821 Å². The van der Waals surface area contributed by atoms with Crippen molar-refractivity contribution in [3.05, 3.63) is 449 Å². The molecule has 19 aromatic carbocycles. The van der Waals surface area contributed by atoms with Crippen molar-refractivity contribution in [1.29, 1.82) is 0 Å². The number of hydrogen-bond donors (Lipinski definition) is 0. The quantitative estimate of drug-likeness (QED) is 0.134. The van der Waals surface area contributed by atoms with Gasteiger partial charge in [0.25, 0.3) is 0 Å². The van der Waals surface area contributed by atoms with E-state index in [2.05, 4.69) is 449 Å². The molecule has 141 heavy (non-hydrogen) atoms. The summed E-state index contributed by atoms with van der Waals surface area (Å²) in [6.07, 6.45) is 0. The Balaban J connectivity index is 0.000000102. The third kappa shape index (κ3) is 12.9. The van der Waals surface area contributed by atoms with Crippen molar-refractivity contribution in [2.45, 2.75) is 0 Å². The van der Waals surface area contributed by atoms with Crippen LogP contribution < -0.4 is 0 Å². The minimum atomic E-state index is 0.721. The average molecular weight is 1870 g/mol. The molecule has 0 atom stereocenters. The van der Waals surface area contributed by atoms with Crippen LogP contribution in [0.25, 0.3) is 281 Å². The number of aromatic nitrogens is 10. The van der Waals surface area contributed by atoms with Gasteiger partial charge in [0.1, 0.15) is 25.7 Å². The van der Waals surface area contributed by atoms with Crippen LogP contribution in [0.2, 0.25) is 0 Å². The van der Waals surface area contributed by atoms with Gasteiger partial charge in [-0.05, 0) is 140 Å². The monoisotopic (exact) mass is 1870 g/mol. The van der Waals surface area contributed by atoms with Gasteiger partial charge in [-0.3, -0.25) is 0 Å². The van der Waals surface area contributed by atoms with E-state index in [1.54, 1.807) is 34.0 Å². The normalized spacial score (nSPS) is 12.0. The summed E-state index contributed by atoms with van der Waals surface area (Å²) in [6.45, 7) is 0. The Morgan fingerprint density at radius 3 is 0.830 bits per heavy atom. The topological polar surface area (TPSA) is 110 Å². The molecule has 0 spiro atoms. The molecule has 0 fully saturated rings. The SMILES string of the molecule is c1ccc(-c2nc(-c3cccc(-n4c5ccccc5c5c6c(ccc54)oc4ccccc46)c3)nc3sc4ccccc4c23)cc1.c1ccc(-c2nc(-c3cccc(-n4c5ccccc5c5c6c(ccc54)sc4ccccc46)c3)nc3sc4ccccc4c23)cc1.c1ccc(-c2nc(-c3cccc(-n4c5ccccc5c5c6c7ccccc7n(-c7ccccc7)c6ccc54)c3)nc3sc4ccccc4c23)cc1. The molecule has 15 heteroatoms. The minimum absolute atomic E-state index is 0.721. The lowest BCUT2D eigenvalue weighted by molar-refractivity contribution is 0.669. The number of benzene rings is 19. The van der Waals surface area contributed by atoms with Crippen LogP contribution in [-0.2, 0) is 0 Å². The van der Waals surface area contributed by atoms with Gasteiger partial charge in [-0.2, -0.15) is 0 Å². The molecule has 31 rings (SSSR count). The molecule has 0 N–H and O–H groups in total. The van der Waals surface area contributed by atoms with E-state index in [0.717, 1.165) is 154 Å². The summed E-state index contributed by atoms with van der Waals surface area (Å²) in [5.74, 6) is 2.18. The summed E-state index contributed by atoms with van der Waals surface area (Å²) in [7, 11) is 0. The van der Waals surface area contributed by atoms with Gasteiger partial charge in [-0.25, -0.2) is 29.9 Å². The Morgan fingerprint density at radius 2 is 0.440 bits per heavy atom. The maximum absolute atomic E-state index is 6.28. The Bertz CT molecular complexity index is 10200. The second-order valence-corrected chi connectivity index (χ2v) is 39.9. The third-order valence-electron chi connectivity index (χ3n) is 27.8. The Kier molecular flexibility index (Phi) is 18.6. The van der Waals surface area contributed by atoms with Crippen LogP contribution in [0, 0.1) is 0 Å². The molecule has 0 amide bonds. The zero-order valence-electron chi connectivity index (χ0n) is 75.2. The number of para-hydroxylation sites is 6. The van der Waals surface area contributed by atoms with Gasteiger partial charge in [0.15, 0.2) is 17.5 Å². The predicted octanol–water partition coefficient (Wildman–Crippen LogP) is 35.2. The smallest absolute Gasteiger partial charge is 0.161 e. The van der Waals surface area contributed by atoms with Crippen molar-refractivity contribution >= 4 is 236 Å². The zero-order chi connectivity index (χ0) is 92.4. The molecule has 0 unspecified atom stereocenters. The lowest BCUT2D eigenvalue weighted by atomic mass is 10.1. The van der Waals surface area contributed by atoms with E-state index < -0.39 is 0 Å². The molecule has 11 nitrogen and oxygen atoms in total. The summed E-state index contributed by atoms with van der Waals surface area (Å²) >= 11 is 7.05. The van der Waals surface area contributed by atoms with Crippen molar-refractivity contribution in [3.63, 3.8) is 0 Å². The fourth-order valence-corrected chi connectivity index (χ4v) is 26.1. The van der Waals surface area contributed by atoms with Gasteiger partial charge >= 0.3 is 0 Å². The predicted molar refractivity (Wildman–Crippen MR) is 595 cm³/mol. The van der Waals surface area contributed by atoms with Crippen molar-refractivity contribution < 1.29 is 4.42 Å². The molecule has 12 heterocycles. The van der Waals surface area contributed by atoms with E-state index in [0.29, 0.717) is 0 Å². The molecule has 0 aliphatic heterocycles. The number of furan rings is 1. The Hall–Kier alpha value is -17.7. The van der Waals surface area contributed by atoms with Crippen LogP contribution in [-0.4, -0.2) is 48.2 Å². The number of thiophene rings is 4. The first kappa shape index (κ1) is 80.6. The molecular weight excluding hydrogens is 1800 g/mol. The van der Waals surface area contributed by atoms with Gasteiger partial charge in [0.2, 0.25) is 0 Å². The first-order chi connectivity index (χ1) is 69.9. The van der Waals surface area contributed by atoms with Gasteiger partial charge in [-0.1, -0.05) is 309 Å². The zero-order valence-corrected chi connectivity index (χ0v) is 78.5.